The van der Waals surface area contributed by atoms with E-state index in [1.54, 1.807) is 25.1 Å². The third kappa shape index (κ3) is 4.98. The quantitative estimate of drug-likeness (QED) is 0.505. The van der Waals surface area contributed by atoms with Gasteiger partial charge in [-0.2, -0.15) is 0 Å². The molecule has 29 heavy (non-hydrogen) atoms. The van der Waals surface area contributed by atoms with Crippen molar-refractivity contribution < 1.29 is 27.9 Å². The van der Waals surface area contributed by atoms with E-state index in [1.165, 1.54) is 37.3 Å². The fraction of sp³-hybridized carbons (Fsp3) is 0.190. The van der Waals surface area contributed by atoms with Crippen LogP contribution in [0.1, 0.15) is 12.5 Å². The van der Waals surface area contributed by atoms with Crippen LogP contribution in [0.15, 0.2) is 57.7 Å². The lowest BCUT2D eigenvalue weighted by Gasteiger charge is -2.14. The maximum atomic E-state index is 13.6. The molecular weight excluding hydrogens is 381 g/mol. The Kier molecular flexibility index (Phi) is 5.92. The van der Waals surface area contributed by atoms with Crippen molar-refractivity contribution in [2.24, 2.45) is 0 Å². The Hall–Kier alpha value is -3.68. The van der Waals surface area contributed by atoms with Crippen LogP contribution in [0.4, 0.5) is 10.1 Å². The van der Waals surface area contributed by atoms with E-state index < -0.39 is 36.0 Å². The Bertz CT molecular complexity index is 1120. The highest BCUT2D eigenvalue weighted by molar-refractivity contribution is 5.95. The third-order valence-corrected chi connectivity index (χ3v) is 4.09. The SMILES string of the molecule is Cc1cc(=O)oc2cc(OCC(=O)O[C@@H](C)C(=O)Nc3ccccc3F)ccc12. The summed E-state index contributed by atoms with van der Waals surface area (Å²) in [7, 11) is 0. The Labute approximate surface area is 165 Å². The van der Waals surface area contributed by atoms with Crippen LogP contribution in [0, 0.1) is 12.7 Å². The van der Waals surface area contributed by atoms with Crippen molar-refractivity contribution in [3.05, 3.63) is 70.3 Å². The van der Waals surface area contributed by atoms with Crippen molar-refractivity contribution in [3.63, 3.8) is 0 Å². The van der Waals surface area contributed by atoms with Crippen LogP contribution in [0.25, 0.3) is 11.0 Å². The summed E-state index contributed by atoms with van der Waals surface area (Å²) < 4.78 is 29.0. The van der Waals surface area contributed by atoms with Gasteiger partial charge in [-0.15, -0.1) is 0 Å². The molecule has 1 N–H and O–H groups in total. The maximum absolute atomic E-state index is 13.6. The van der Waals surface area contributed by atoms with Gasteiger partial charge in [-0.1, -0.05) is 12.1 Å². The summed E-state index contributed by atoms with van der Waals surface area (Å²) in [5.41, 5.74) is 0.598. The third-order valence-electron chi connectivity index (χ3n) is 4.09. The summed E-state index contributed by atoms with van der Waals surface area (Å²) in [5, 5.41) is 3.09. The van der Waals surface area contributed by atoms with Gasteiger partial charge in [0.25, 0.3) is 5.91 Å². The number of benzene rings is 2. The van der Waals surface area contributed by atoms with E-state index >= 15 is 0 Å². The molecular formula is C21H18FNO6. The first kappa shape index (κ1) is 20.1. The van der Waals surface area contributed by atoms with Crippen molar-refractivity contribution in [1.29, 1.82) is 0 Å². The largest absolute Gasteiger partial charge is 0.482 e. The molecule has 1 amide bonds. The van der Waals surface area contributed by atoms with Crippen LogP contribution in [-0.2, 0) is 14.3 Å². The number of rotatable bonds is 6. The molecule has 0 saturated carbocycles. The minimum absolute atomic E-state index is 0.00963. The average molecular weight is 399 g/mol. The number of amides is 1. The predicted octanol–water partition coefficient (Wildman–Crippen LogP) is 3.19. The molecule has 8 heteroatoms. The van der Waals surface area contributed by atoms with Crippen molar-refractivity contribution in [2.45, 2.75) is 20.0 Å². The average Bonchev–Trinajstić information content (AvgIpc) is 2.67. The fourth-order valence-corrected chi connectivity index (χ4v) is 2.62. The summed E-state index contributed by atoms with van der Waals surface area (Å²) in [4.78, 5) is 35.5. The molecule has 0 fully saturated rings. The van der Waals surface area contributed by atoms with E-state index in [4.69, 9.17) is 13.9 Å². The number of nitrogens with one attached hydrogen (secondary N) is 1. The van der Waals surface area contributed by atoms with E-state index in [1.807, 2.05) is 0 Å². The number of aryl methyl sites for hydroxylation is 1. The highest BCUT2D eigenvalue weighted by Crippen LogP contribution is 2.22. The first-order chi connectivity index (χ1) is 13.8. The van der Waals surface area contributed by atoms with E-state index in [0.717, 1.165) is 10.9 Å². The van der Waals surface area contributed by atoms with Crippen molar-refractivity contribution in [3.8, 4) is 5.75 Å². The Morgan fingerprint density at radius 2 is 1.93 bits per heavy atom. The van der Waals surface area contributed by atoms with Crippen LogP contribution < -0.4 is 15.7 Å². The predicted molar refractivity (Wildman–Crippen MR) is 103 cm³/mol. The Morgan fingerprint density at radius 3 is 2.69 bits per heavy atom. The zero-order chi connectivity index (χ0) is 21.0. The smallest absolute Gasteiger partial charge is 0.344 e. The number of para-hydroxylation sites is 1. The first-order valence-electron chi connectivity index (χ1n) is 8.75. The molecule has 3 rings (SSSR count). The summed E-state index contributed by atoms with van der Waals surface area (Å²) in [6.07, 6.45) is -1.15. The van der Waals surface area contributed by atoms with Crippen LogP contribution in [0.3, 0.4) is 0 Å². The molecule has 7 nitrogen and oxygen atoms in total. The van der Waals surface area contributed by atoms with Gasteiger partial charge >= 0.3 is 11.6 Å². The minimum atomic E-state index is -1.15. The number of hydrogen-bond acceptors (Lipinski definition) is 6. The first-order valence-corrected chi connectivity index (χ1v) is 8.75. The minimum Gasteiger partial charge on any atom is -0.482 e. The summed E-state index contributed by atoms with van der Waals surface area (Å²) in [6, 6.07) is 11.9. The summed E-state index contributed by atoms with van der Waals surface area (Å²) in [6.45, 7) is 2.69. The molecule has 0 bridgehead atoms. The van der Waals surface area contributed by atoms with Gasteiger partial charge in [0.1, 0.15) is 17.1 Å². The topological polar surface area (TPSA) is 94.8 Å². The Balaban J connectivity index is 1.56. The fourth-order valence-electron chi connectivity index (χ4n) is 2.62. The second-order valence-electron chi connectivity index (χ2n) is 6.30. The molecule has 150 valence electrons. The van der Waals surface area contributed by atoms with Crippen LogP contribution in [0.5, 0.6) is 5.75 Å². The van der Waals surface area contributed by atoms with Crippen LogP contribution >= 0.6 is 0 Å². The molecule has 0 radical (unpaired) electrons. The molecule has 1 atom stereocenters. The Morgan fingerprint density at radius 1 is 1.17 bits per heavy atom. The molecule has 1 aromatic heterocycles. The number of carbonyl (C=O) groups excluding carboxylic acids is 2. The zero-order valence-electron chi connectivity index (χ0n) is 15.7. The van der Waals surface area contributed by atoms with Crippen LogP contribution in [0.2, 0.25) is 0 Å². The number of fused-ring (bicyclic) bond motifs is 1. The van der Waals surface area contributed by atoms with Gasteiger partial charge in [0.2, 0.25) is 0 Å². The van der Waals surface area contributed by atoms with Gasteiger partial charge in [-0.05, 0) is 43.7 Å². The summed E-state index contributed by atoms with van der Waals surface area (Å²) in [5.74, 6) is -1.76. The number of ether oxygens (including phenoxy) is 2. The molecule has 2 aromatic carbocycles. The zero-order valence-corrected chi connectivity index (χ0v) is 15.7. The van der Waals surface area contributed by atoms with Gasteiger partial charge in [0.15, 0.2) is 12.7 Å². The van der Waals surface area contributed by atoms with Crippen molar-refractivity contribution >= 4 is 28.5 Å². The van der Waals surface area contributed by atoms with E-state index in [0.29, 0.717) is 11.3 Å². The highest BCUT2D eigenvalue weighted by Gasteiger charge is 2.19. The monoisotopic (exact) mass is 399 g/mol. The van der Waals surface area contributed by atoms with Gasteiger partial charge in [-0.25, -0.2) is 14.0 Å². The van der Waals surface area contributed by atoms with Crippen molar-refractivity contribution in [2.75, 3.05) is 11.9 Å². The number of anilines is 1. The maximum Gasteiger partial charge on any atom is 0.344 e. The van der Waals surface area contributed by atoms with Crippen molar-refractivity contribution in [1.82, 2.24) is 0 Å². The lowest BCUT2D eigenvalue weighted by molar-refractivity contribution is -0.155. The van der Waals surface area contributed by atoms with Gasteiger partial charge in [0.05, 0.1) is 5.69 Å². The normalized spacial score (nSPS) is 11.7. The lowest BCUT2D eigenvalue weighted by Crippen LogP contribution is -2.31. The number of esters is 1. The standard InChI is InChI=1S/C21H18FNO6/c1-12-9-19(24)29-18-10-14(7-8-15(12)18)27-11-20(25)28-13(2)21(26)23-17-6-4-3-5-16(17)22/h3-10,13H,11H2,1-2H3,(H,23,26)/t13-/m0/s1. The molecule has 0 aliphatic heterocycles. The van der Waals surface area contributed by atoms with Crippen LogP contribution in [-0.4, -0.2) is 24.6 Å². The second-order valence-corrected chi connectivity index (χ2v) is 6.30. The molecule has 0 unspecified atom stereocenters. The molecule has 0 aliphatic carbocycles. The highest BCUT2D eigenvalue weighted by atomic mass is 19.1. The summed E-state index contributed by atoms with van der Waals surface area (Å²) >= 11 is 0. The van der Waals surface area contributed by atoms with Gasteiger partial charge < -0.3 is 19.2 Å². The van der Waals surface area contributed by atoms with E-state index in [-0.39, 0.29) is 5.69 Å². The van der Waals surface area contributed by atoms with Gasteiger partial charge in [-0.3, -0.25) is 4.79 Å². The second kappa shape index (κ2) is 8.55. The number of hydrogen-bond donors (Lipinski definition) is 1. The molecule has 0 spiro atoms. The van der Waals surface area contributed by atoms with Gasteiger partial charge in [0, 0.05) is 17.5 Å². The molecule has 0 aliphatic rings. The van der Waals surface area contributed by atoms with E-state index in [9.17, 15) is 18.8 Å². The molecule has 1 heterocycles. The lowest BCUT2D eigenvalue weighted by atomic mass is 10.1. The molecule has 0 saturated heterocycles. The molecule has 3 aromatic rings. The number of carbonyl (C=O) groups is 2. The van der Waals surface area contributed by atoms with E-state index in [2.05, 4.69) is 5.32 Å². The number of halogens is 1.